The second-order valence-corrected chi connectivity index (χ2v) is 4.34. The molecule has 0 bridgehead atoms. The van der Waals surface area contributed by atoms with Gasteiger partial charge < -0.3 is 5.11 Å². The van der Waals surface area contributed by atoms with Crippen LogP contribution < -0.4 is 10.4 Å². The van der Waals surface area contributed by atoms with Gasteiger partial charge in [-0.1, -0.05) is 12.1 Å². The predicted molar refractivity (Wildman–Crippen MR) is 59.9 cm³/mol. The second kappa shape index (κ2) is 4.12. The molecule has 1 aromatic rings. The number of aliphatic carboxylic acids is 1. The average Bonchev–Trinajstić information content (AvgIpc) is 2.62. The van der Waals surface area contributed by atoms with Crippen LogP contribution in [0.15, 0.2) is 29.2 Å². The topological polar surface area (TPSA) is 52.6 Å². The van der Waals surface area contributed by atoms with Crippen molar-refractivity contribution in [3.8, 4) is 0 Å². The molecule has 0 saturated heterocycles. The molecule has 0 saturated carbocycles. The van der Waals surface area contributed by atoms with Crippen LogP contribution in [0.5, 0.6) is 0 Å². The zero-order valence-electron chi connectivity index (χ0n) is 8.30. The number of hydrogen-bond donors (Lipinski definition) is 2. The number of thioether (sulfide) groups is 1. The Balaban J connectivity index is 2.11. The van der Waals surface area contributed by atoms with Crippen LogP contribution in [0.4, 0.5) is 5.69 Å². The molecule has 5 heteroatoms. The first-order valence-corrected chi connectivity index (χ1v) is 5.65. The maximum atomic E-state index is 10.7. The fourth-order valence-electron chi connectivity index (χ4n) is 1.40. The van der Waals surface area contributed by atoms with Crippen molar-refractivity contribution in [3.63, 3.8) is 0 Å². The Morgan fingerprint density at radius 2 is 2.33 bits per heavy atom. The minimum Gasteiger partial charge on any atom is -0.480 e. The maximum absolute atomic E-state index is 10.7. The molecule has 0 radical (unpaired) electrons. The van der Waals surface area contributed by atoms with Gasteiger partial charge in [-0.15, -0.1) is 11.8 Å². The summed E-state index contributed by atoms with van der Waals surface area (Å²) in [7, 11) is 0. The molecule has 80 valence electrons. The largest absolute Gasteiger partial charge is 0.480 e. The van der Waals surface area contributed by atoms with Gasteiger partial charge in [0.2, 0.25) is 0 Å². The van der Waals surface area contributed by atoms with Crippen LogP contribution >= 0.6 is 11.8 Å². The third-order valence-corrected chi connectivity index (χ3v) is 3.27. The number of nitrogens with zero attached hydrogens (tertiary/aromatic N) is 1. The number of benzene rings is 1. The van der Waals surface area contributed by atoms with Crippen LogP contribution in [0.3, 0.4) is 0 Å². The van der Waals surface area contributed by atoms with Gasteiger partial charge in [0, 0.05) is 4.90 Å². The van der Waals surface area contributed by atoms with E-state index in [1.807, 2.05) is 29.3 Å². The minimum absolute atomic E-state index is 0.572. The molecular weight excluding hydrogens is 212 g/mol. The quantitative estimate of drug-likeness (QED) is 0.815. The number of carboxylic acids is 1. The third-order valence-electron chi connectivity index (χ3n) is 2.23. The normalized spacial score (nSPS) is 16.2. The first kappa shape index (κ1) is 10.3. The number of rotatable bonds is 3. The Labute approximate surface area is 92.2 Å². The Hall–Kier alpha value is -1.20. The van der Waals surface area contributed by atoms with E-state index < -0.39 is 12.0 Å². The fraction of sp³-hybridized carbons (Fsp3) is 0.300. The molecule has 1 aliphatic rings. The van der Waals surface area contributed by atoms with Gasteiger partial charge in [-0.25, -0.2) is 5.43 Å². The third kappa shape index (κ3) is 2.08. The Morgan fingerprint density at radius 1 is 1.60 bits per heavy atom. The Morgan fingerprint density at radius 3 is 3.07 bits per heavy atom. The summed E-state index contributed by atoms with van der Waals surface area (Å²) in [5.41, 5.74) is 4.00. The van der Waals surface area contributed by atoms with Crippen molar-refractivity contribution < 1.29 is 9.90 Å². The lowest BCUT2D eigenvalue weighted by Crippen LogP contribution is -2.45. The number of para-hydroxylation sites is 1. The number of carbonyl (C=O) groups is 1. The van der Waals surface area contributed by atoms with Crippen LogP contribution in [-0.4, -0.2) is 23.0 Å². The molecule has 0 aliphatic carbocycles. The van der Waals surface area contributed by atoms with E-state index in [0.717, 1.165) is 11.6 Å². The molecule has 1 atom stereocenters. The number of hydrazine groups is 1. The molecule has 0 fully saturated rings. The Kier molecular flexibility index (Phi) is 2.83. The second-order valence-electron chi connectivity index (χ2n) is 3.36. The molecule has 0 spiro atoms. The van der Waals surface area contributed by atoms with Crippen molar-refractivity contribution in [1.29, 1.82) is 0 Å². The summed E-state index contributed by atoms with van der Waals surface area (Å²) in [6, 6.07) is 7.38. The van der Waals surface area contributed by atoms with E-state index in [9.17, 15) is 4.79 Å². The van der Waals surface area contributed by atoms with Gasteiger partial charge in [0.1, 0.15) is 6.04 Å². The number of nitrogens with one attached hydrogen (secondary N) is 1. The molecule has 15 heavy (non-hydrogen) atoms. The molecular formula is C10H12N2O2S. The van der Waals surface area contributed by atoms with Crippen LogP contribution in [-0.2, 0) is 4.79 Å². The van der Waals surface area contributed by atoms with Crippen molar-refractivity contribution in [2.75, 3.05) is 10.9 Å². The number of hydrogen-bond acceptors (Lipinski definition) is 4. The molecule has 0 unspecified atom stereocenters. The lowest BCUT2D eigenvalue weighted by molar-refractivity contribution is -0.139. The lowest BCUT2D eigenvalue weighted by atomic mass is 10.3. The first-order valence-electron chi connectivity index (χ1n) is 4.67. The number of carboxylic acid groups (broad SMARTS) is 1. The molecule has 2 rings (SSSR count). The summed E-state index contributed by atoms with van der Waals surface area (Å²) in [4.78, 5) is 11.9. The summed E-state index contributed by atoms with van der Waals surface area (Å²) < 4.78 is 0. The summed E-state index contributed by atoms with van der Waals surface area (Å²) in [6.45, 7) is 1.63. The molecule has 2 N–H and O–H groups in total. The highest BCUT2D eigenvalue weighted by molar-refractivity contribution is 7.99. The van der Waals surface area contributed by atoms with Crippen molar-refractivity contribution in [2.24, 2.45) is 0 Å². The van der Waals surface area contributed by atoms with Gasteiger partial charge in [0.05, 0.1) is 11.6 Å². The van der Waals surface area contributed by atoms with Crippen molar-refractivity contribution in [2.45, 2.75) is 17.9 Å². The molecule has 1 heterocycles. The summed E-state index contributed by atoms with van der Waals surface area (Å²) >= 11 is 1.70. The van der Waals surface area contributed by atoms with E-state index in [-0.39, 0.29) is 0 Å². The number of fused-ring (bicyclic) bond motifs is 1. The highest BCUT2D eigenvalue weighted by atomic mass is 32.2. The van der Waals surface area contributed by atoms with Crippen molar-refractivity contribution in [3.05, 3.63) is 24.3 Å². The van der Waals surface area contributed by atoms with Crippen molar-refractivity contribution >= 4 is 23.4 Å². The maximum Gasteiger partial charge on any atom is 0.322 e. The molecule has 1 aliphatic heterocycles. The zero-order chi connectivity index (χ0) is 10.8. The minimum atomic E-state index is -0.843. The van der Waals surface area contributed by atoms with Gasteiger partial charge in [0.25, 0.3) is 0 Å². The fourth-order valence-corrected chi connectivity index (χ4v) is 2.38. The van der Waals surface area contributed by atoms with Gasteiger partial charge in [-0.2, -0.15) is 0 Å². The van der Waals surface area contributed by atoms with Gasteiger partial charge >= 0.3 is 5.97 Å². The van der Waals surface area contributed by atoms with Crippen LogP contribution in [0.2, 0.25) is 0 Å². The van der Waals surface area contributed by atoms with Gasteiger partial charge in [-0.3, -0.25) is 9.80 Å². The summed E-state index contributed by atoms with van der Waals surface area (Å²) in [5, 5.41) is 10.7. The van der Waals surface area contributed by atoms with Crippen LogP contribution in [0, 0.1) is 0 Å². The monoisotopic (exact) mass is 224 g/mol. The summed E-state index contributed by atoms with van der Waals surface area (Å²) in [6.07, 6.45) is 0. The van der Waals surface area contributed by atoms with Gasteiger partial charge in [-0.05, 0) is 19.1 Å². The van der Waals surface area contributed by atoms with E-state index in [1.54, 1.807) is 18.7 Å². The zero-order valence-corrected chi connectivity index (χ0v) is 9.12. The van der Waals surface area contributed by atoms with Crippen LogP contribution in [0.1, 0.15) is 6.92 Å². The first-order chi connectivity index (χ1) is 7.18. The molecule has 4 nitrogen and oxygen atoms in total. The van der Waals surface area contributed by atoms with E-state index >= 15 is 0 Å². The standard InChI is InChI=1S/C10H12N2O2S/c1-7(10(13)14)11-12-6-15-9-5-3-2-4-8(9)12/h2-5,7,11H,6H2,1H3,(H,13,14)/t7-/m0/s1. The highest BCUT2D eigenvalue weighted by Crippen LogP contribution is 2.36. The molecule has 0 aromatic heterocycles. The van der Waals surface area contributed by atoms with E-state index in [4.69, 9.17) is 5.11 Å². The van der Waals surface area contributed by atoms with E-state index in [2.05, 4.69) is 5.43 Å². The predicted octanol–water partition coefficient (Wildman–Crippen LogP) is 1.53. The van der Waals surface area contributed by atoms with E-state index in [1.165, 1.54) is 4.90 Å². The average molecular weight is 224 g/mol. The van der Waals surface area contributed by atoms with Crippen LogP contribution in [0.25, 0.3) is 0 Å². The van der Waals surface area contributed by atoms with Gasteiger partial charge in [0.15, 0.2) is 0 Å². The smallest absolute Gasteiger partial charge is 0.322 e. The highest BCUT2D eigenvalue weighted by Gasteiger charge is 2.22. The molecule has 0 amide bonds. The SMILES string of the molecule is C[C@H](NN1CSc2ccccc21)C(=O)O. The van der Waals surface area contributed by atoms with Crippen molar-refractivity contribution in [1.82, 2.24) is 5.43 Å². The molecule has 1 aromatic carbocycles. The number of anilines is 1. The van der Waals surface area contributed by atoms with E-state index in [0.29, 0.717) is 0 Å². The Bertz CT molecular complexity index is 383. The lowest BCUT2D eigenvalue weighted by Gasteiger charge is -2.22. The summed E-state index contributed by atoms with van der Waals surface area (Å²) in [5.74, 6) is -0.0962.